The van der Waals surface area contributed by atoms with E-state index in [4.69, 9.17) is 0 Å². The second-order valence-corrected chi connectivity index (χ2v) is 9.14. The summed E-state index contributed by atoms with van der Waals surface area (Å²) in [6.45, 7) is 4.33. The van der Waals surface area contributed by atoms with Crippen molar-refractivity contribution in [3.05, 3.63) is 54.1 Å². The summed E-state index contributed by atoms with van der Waals surface area (Å²) in [5.41, 5.74) is 1.49. The minimum atomic E-state index is -3.64. The van der Waals surface area contributed by atoms with Crippen molar-refractivity contribution in [2.45, 2.75) is 35.4 Å². The summed E-state index contributed by atoms with van der Waals surface area (Å²) in [7, 11) is -3.64. The maximum Gasteiger partial charge on any atom is 0.243 e. The summed E-state index contributed by atoms with van der Waals surface area (Å²) >= 11 is 1.44. The molecule has 2 aromatic carbocycles. The monoisotopic (exact) mass is 376 g/mol. The topological polar surface area (TPSA) is 66.5 Å². The molecule has 2 aromatic rings. The van der Waals surface area contributed by atoms with Crippen molar-refractivity contribution < 1.29 is 13.2 Å². The summed E-state index contributed by atoms with van der Waals surface area (Å²) in [5, 5.41) is 2.61. The molecule has 0 saturated carbocycles. The maximum atomic E-state index is 13.0. The van der Waals surface area contributed by atoms with Gasteiger partial charge in [0, 0.05) is 18.0 Å². The van der Waals surface area contributed by atoms with Crippen LogP contribution in [0.1, 0.15) is 19.4 Å². The van der Waals surface area contributed by atoms with Gasteiger partial charge in [-0.25, -0.2) is 8.42 Å². The molecule has 1 N–H and O–H groups in total. The van der Waals surface area contributed by atoms with Crippen LogP contribution in [0.25, 0.3) is 0 Å². The zero-order valence-corrected chi connectivity index (χ0v) is 15.7. The fourth-order valence-corrected chi connectivity index (χ4v) is 5.05. The van der Waals surface area contributed by atoms with Gasteiger partial charge in [0.25, 0.3) is 0 Å². The van der Waals surface area contributed by atoms with E-state index >= 15 is 0 Å². The van der Waals surface area contributed by atoms with Crippen molar-refractivity contribution in [2.24, 2.45) is 0 Å². The zero-order chi connectivity index (χ0) is 18.0. The number of benzene rings is 2. The molecule has 0 fully saturated rings. The van der Waals surface area contributed by atoms with E-state index in [2.05, 4.69) is 5.32 Å². The number of nitrogens with zero attached hydrogens (tertiary/aromatic N) is 1. The molecular formula is C18H20N2O3S2. The number of hydrogen-bond donors (Lipinski definition) is 1. The van der Waals surface area contributed by atoms with E-state index in [1.807, 2.05) is 44.2 Å². The molecule has 0 radical (unpaired) electrons. The van der Waals surface area contributed by atoms with Crippen molar-refractivity contribution >= 4 is 33.4 Å². The van der Waals surface area contributed by atoms with Gasteiger partial charge in [-0.3, -0.25) is 4.79 Å². The van der Waals surface area contributed by atoms with Gasteiger partial charge in [0.1, 0.15) is 0 Å². The van der Waals surface area contributed by atoms with Crippen LogP contribution in [0.2, 0.25) is 0 Å². The zero-order valence-electron chi connectivity index (χ0n) is 14.1. The Labute approximate surface area is 152 Å². The Morgan fingerprint density at radius 1 is 1.16 bits per heavy atom. The van der Waals surface area contributed by atoms with Crippen molar-refractivity contribution in [3.8, 4) is 0 Å². The molecule has 1 atom stereocenters. The van der Waals surface area contributed by atoms with E-state index in [-0.39, 0.29) is 16.1 Å². The van der Waals surface area contributed by atoms with Crippen LogP contribution in [-0.4, -0.2) is 30.4 Å². The highest BCUT2D eigenvalue weighted by molar-refractivity contribution is 8.01. The molecule has 25 heavy (non-hydrogen) atoms. The van der Waals surface area contributed by atoms with Crippen LogP contribution < -0.4 is 5.32 Å². The van der Waals surface area contributed by atoms with E-state index in [0.717, 1.165) is 10.5 Å². The SMILES string of the molecule is CCN(Cc1ccccc1)S(=O)(=O)c1ccc2c(c1)NC(=O)[C@@H](C)S2. The molecule has 1 heterocycles. The molecule has 0 unspecified atom stereocenters. The number of nitrogens with one attached hydrogen (secondary N) is 1. The number of thioether (sulfide) groups is 1. The van der Waals surface area contributed by atoms with Crippen LogP contribution in [0.15, 0.2) is 58.3 Å². The maximum absolute atomic E-state index is 13.0. The summed E-state index contributed by atoms with van der Waals surface area (Å²) in [5.74, 6) is -0.108. The number of fused-ring (bicyclic) bond motifs is 1. The van der Waals surface area contributed by atoms with Crippen LogP contribution >= 0.6 is 11.8 Å². The minimum absolute atomic E-state index is 0.108. The first-order chi connectivity index (χ1) is 11.9. The molecule has 1 aliphatic heterocycles. The number of sulfonamides is 1. The molecule has 7 heteroatoms. The molecule has 1 aliphatic rings. The van der Waals surface area contributed by atoms with Crippen LogP contribution in [0.5, 0.6) is 0 Å². The molecule has 0 bridgehead atoms. The lowest BCUT2D eigenvalue weighted by atomic mass is 10.2. The molecule has 5 nitrogen and oxygen atoms in total. The Balaban J connectivity index is 1.91. The van der Waals surface area contributed by atoms with Gasteiger partial charge < -0.3 is 5.32 Å². The molecule has 0 saturated heterocycles. The van der Waals surface area contributed by atoms with Gasteiger partial charge in [0.15, 0.2) is 0 Å². The number of carbonyl (C=O) groups is 1. The summed E-state index contributed by atoms with van der Waals surface area (Å²) in [4.78, 5) is 12.9. The number of rotatable bonds is 5. The van der Waals surface area contributed by atoms with Gasteiger partial charge in [-0.1, -0.05) is 37.3 Å². The van der Waals surface area contributed by atoms with Crippen molar-refractivity contribution in [1.82, 2.24) is 4.31 Å². The van der Waals surface area contributed by atoms with Gasteiger partial charge >= 0.3 is 0 Å². The first-order valence-corrected chi connectivity index (χ1v) is 10.4. The fourth-order valence-electron chi connectivity index (χ4n) is 2.65. The normalized spacial score (nSPS) is 17.2. The highest BCUT2D eigenvalue weighted by atomic mass is 32.2. The third kappa shape index (κ3) is 3.73. The predicted octanol–water partition coefficient (Wildman–Crippen LogP) is 3.33. The predicted molar refractivity (Wildman–Crippen MR) is 100 cm³/mol. The molecule has 0 aromatic heterocycles. The minimum Gasteiger partial charge on any atom is -0.324 e. The van der Waals surface area contributed by atoms with Crippen LogP contribution in [0.3, 0.4) is 0 Å². The quantitative estimate of drug-likeness (QED) is 0.869. The Kier molecular flexibility index (Phi) is 5.17. The van der Waals surface area contributed by atoms with E-state index in [0.29, 0.717) is 18.8 Å². The first-order valence-electron chi connectivity index (χ1n) is 8.07. The van der Waals surface area contributed by atoms with Crippen molar-refractivity contribution in [2.75, 3.05) is 11.9 Å². The molecule has 1 amide bonds. The number of carbonyl (C=O) groups excluding carboxylic acids is 1. The Morgan fingerprint density at radius 3 is 2.56 bits per heavy atom. The van der Waals surface area contributed by atoms with Crippen molar-refractivity contribution in [1.29, 1.82) is 0 Å². The fraction of sp³-hybridized carbons (Fsp3) is 0.278. The molecule has 0 spiro atoms. The van der Waals surface area contributed by atoms with E-state index in [1.165, 1.54) is 16.1 Å². The highest BCUT2D eigenvalue weighted by Gasteiger charge is 2.27. The van der Waals surface area contributed by atoms with E-state index < -0.39 is 10.0 Å². The Bertz CT molecular complexity index is 882. The third-order valence-electron chi connectivity index (χ3n) is 4.07. The first kappa shape index (κ1) is 18.0. The summed E-state index contributed by atoms with van der Waals surface area (Å²) in [6, 6.07) is 14.4. The number of hydrogen-bond acceptors (Lipinski definition) is 4. The summed E-state index contributed by atoms with van der Waals surface area (Å²) < 4.78 is 27.4. The largest absolute Gasteiger partial charge is 0.324 e. The van der Waals surface area contributed by atoms with Gasteiger partial charge in [-0.05, 0) is 30.7 Å². The molecule has 3 rings (SSSR count). The van der Waals surface area contributed by atoms with Gasteiger partial charge in [0.05, 0.1) is 15.8 Å². The molecule has 132 valence electrons. The molecular weight excluding hydrogens is 356 g/mol. The number of amides is 1. The van der Waals surface area contributed by atoms with Gasteiger partial charge in [0.2, 0.25) is 15.9 Å². The summed E-state index contributed by atoms with van der Waals surface area (Å²) in [6.07, 6.45) is 0. The number of anilines is 1. The highest BCUT2D eigenvalue weighted by Crippen LogP contribution is 2.37. The van der Waals surface area contributed by atoms with Crippen LogP contribution in [0, 0.1) is 0 Å². The smallest absolute Gasteiger partial charge is 0.243 e. The van der Waals surface area contributed by atoms with Crippen LogP contribution in [-0.2, 0) is 21.4 Å². The van der Waals surface area contributed by atoms with E-state index in [9.17, 15) is 13.2 Å². The van der Waals surface area contributed by atoms with Gasteiger partial charge in [-0.2, -0.15) is 4.31 Å². The Hall–Kier alpha value is -1.83. The second-order valence-electron chi connectivity index (χ2n) is 5.82. The lowest BCUT2D eigenvalue weighted by Gasteiger charge is -2.24. The lowest BCUT2D eigenvalue weighted by Crippen LogP contribution is -2.31. The molecule has 0 aliphatic carbocycles. The van der Waals surface area contributed by atoms with E-state index in [1.54, 1.807) is 18.2 Å². The van der Waals surface area contributed by atoms with Crippen LogP contribution in [0.4, 0.5) is 5.69 Å². The average Bonchev–Trinajstić information content (AvgIpc) is 2.61. The lowest BCUT2D eigenvalue weighted by molar-refractivity contribution is -0.115. The van der Waals surface area contributed by atoms with Crippen molar-refractivity contribution in [3.63, 3.8) is 0 Å². The Morgan fingerprint density at radius 2 is 1.88 bits per heavy atom. The standard InChI is InChI=1S/C18H20N2O3S2/c1-3-20(12-14-7-5-4-6-8-14)25(22,23)15-9-10-17-16(11-15)19-18(21)13(2)24-17/h4-11,13H,3,12H2,1-2H3,(H,19,21)/t13-/m1/s1. The van der Waals surface area contributed by atoms with Gasteiger partial charge in [-0.15, -0.1) is 11.8 Å². The average molecular weight is 377 g/mol. The third-order valence-corrected chi connectivity index (χ3v) is 7.17. The second kappa shape index (κ2) is 7.19.